The van der Waals surface area contributed by atoms with Gasteiger partial charge in [0.05, 0.1) is 6.20 Å². The molecule has 2 heterocycles. The quantitative estimate of drug-likeness (QED) is 0.869. The Morgan fingerprint density at radius 1 is 1.35 bits per heavy atom. The van der Waals surface area contributed by atoms with E-state index < -0.39 is 0 Å². The zero-order chi connectivity index (χ0) is 12.1. The van der Waals surface area contributed by atoms with Gasteiger partial charge in [-0.25, -0.2) is 0 Å². The van der Waals surface area contributed by atoms with Crippen LogP contribution in [0.4, 0.5) is 0 Å². The molecule has 1 saturated heterocycles. The third-order valence-corrected chi connectivity index (χ3v) is 4.06. The molecule has 0 amide bonds. The standard InChI is InChI=1S/C14H25N3/c1-3-14(8-6-5-7-9-15-14)10-13-11-16-17(4-2)12-13/h11-12,15H,3-10H2,1-2H3. The number of nitrogens with zero attached hydrogens (tertiary/aromatic N) is 2. The first-order valence-corrected chi connectivity index (χ1v) is 7.04. The maximum absolute atomic E-state index is 4.38. The van der Waals surface area contributed by atoms with Gasteiger partial charge >= 0.3 is 0 Å². The van der Waals surface area contributed by atoms with Gasteiger partial charge in [-0.2, -0.15) is 5.10 Å². The molecule has 1 aromatic rings. The van der Waals surface area contributed by atoms with Crippen molar-refractivity contribution >= 4 is 0 Å². The fraction of sp³-hybridized carbons (Fsp3) is 0.786. The topological polar surface area (TPSA) is 29.9 Å². The fourth-order valence-electron chi connectivity index (χ4n) is 2.85. The first kappa shape index (κ1) is 12.6. The Hall–Kier alpha value is -0.830. The van der Waals surface area contributed by atoms with E-state index in [1.807, 2.05) is 10.9 Å². The van der Waals surface area contributed by atoms with E-state index in [9.17, 15) is 0 Å². The van der Waals surface area contributed by atoms with E-state index in [-0.39, 0.29) is 0 Å². The SMILES string of the molecule is CCn1cc(CC2(CC)CCCCCN2)cn1. The van der Waals surface area contributed by atoms with Crippen LogP contribution in [0.5, 0.6) is 0 Å². The Bertz CT molecular complexity index is 335. The van der Waals surface area contributed by atoms with E-state index in [1.54, 1.807) is 0 Å². The molecule has 0 bridgehead atoms. The summed E-state index contributed by atoms with van der Waals surface area (Å²) in [6.45, 7) is 6.58. The lowest BCUT2D eigenvalue weighted by Gasteiger charge is -2.32. The van der Waals surface area contributed by atoms with Gasteiger partial charge in [0.25, 0.3) is 0 Å². The zero-order valence-electron chi connectivity index (χ0n) is 11.2. The summed E-state index contributed by atoms with van der Waals surface area (Å²) in [5.41, 5.74) is 1.70. The lowest BCUT2D eigenvalue weighted by atomic mass is 9.85. The molecular formula is C14H25N3. The monoisotopic (exact) mass is 235 g/mol. The van der Waals surface area contributed by atoms with Gasteiger partial charge in [-0.3, -0.25) is 4.68 Å². The Labute approximate surface area is 105 Å². The van der Waals surface area contributed by atoms with Crippen molar-refractivity contribution < 1.29 is 0 Å². The van der Waals surface area contributed by atoms with Crippen LogP contribution in [0, 0.1) is 0 Å². The minimum Gasteiger partial charge on any atom is -0.311 e. The number of nitrogens with one attached hydrogen (secondary N) is 1. The molecule has 96 valence electrons. The second-order valence-electron chi connectivity index (χ2n) is 5.25. The summed E-state index contributed by atoms with van der Waals surface area (Å²) < 4.78 is 2.02. The molecular weight excluding hydrogens is 210 g/mol. The fourth-order valence-corrected chi connectivity index (χ4v) is 2.85. The van der Waals surface area contributed by atoms with Gasteiger partial charge in [0, 0.05) is 18.3 Å². The van der Waals surface area contributed by atoms with Crippen LogP contribution in [0.3, 0.4) is 0 Å². The average molecular weight is 235 g/mol. The lowest BCUT2D eigenvalue weighted by molar-refractivity contribution is 0.302. The van der Waals surface area contributed by atoms with Crippen LogP contribution in [0.1, 0.15) is 51.5 Å². The molecule has 1 N–H and O–H groups in total. The summed E-state index contributed by atoms with van der Waals surface area (Å²) in [6.07, 6.45) is 12.0. The van der Waals surface area contributed by atoms with Gasteiger partial charge in [0.1, 0.15) is 0 Å². The first-order chi connectivity index (χ1) is 8.28. The maximum atomic E-state index is 4.38. The molecule has 3 nitrogen and oxygen atoms in total. The molecule has 1 atom stereocenters. The molecule has 17 heavy (non-hydrogen) atoms. The maximum Gasteiger partial charge on any atom is 0.0522 e. The van der Waals surface area contributed by atoms with Crippen LogP contribution >= 0.6 is 0 Å². The van der Waals surface area contributed by atoms with Crippen molar-refractivity contribution in [1.82, 2.24) is 15.1 Å². The molecule has 0 aromatic carbocycles. The summed E-state index contributed by atoms with van der Waals surface area (Å²) in [5, 5.41) is 8.16. The highest BCUT2D eigenvalue weighted by Crippen LogP contribution is 2.26. The van der Waals surface area contributed by atoms with Gasteiger partial charge in [-0.1, -0.05) is 19.8 Å². The van der Waals surface area contributed by atoms with Crippen molar-refractivity contribution in [3.8, 4) is 0 Å². The van der Waals surface area contributed by atoms with Crippen molar-refractivity contribution in [3.63, 3.8) is 0 Å². The van der Waals surface area contributed by atoms with Gasteiger partial charge in [0.2, 0.25) is 0 Å². The molecule has 0 saturated carbocycles. The second kappa shape index (κ2) is 5.67. The van der Waals surface area contributed by atoms with Crippen molar-refractivity contribution in [2.75, 3.05) is 6.54 Å². The number of aryl methyl sites for hydroxylation is 1. The minimum atomic E-state index is 0.318. The van der Waals surface area contributed by atoms with E-state index in [0.717, 1.165) is 13.0 Å². The number of rotatable bonds is 4. The minimum absolute atomic E-state index is 0.318. The van der Waals surface area contributed by atoms with Gasteiger partial charge in [-0.15, -0.1) is 0 Å². The normalized spacial score (nSPS) is 25.8. The summed E-state index contributed by atoms with van der Waals surface area (Å²) in [5.74, 6) is 0. The largest absolute Gasteiger partial charge is 0.311 e. The van der Waals surface area contributed by atoms with Crippen LogP contribution < -0.4 is 5.32 Å². The summed E-state index contributed by atoms with van der Waals surface area (Å²) >= 11 is 0. The third-order valence-electron chi connectivity index (χ3n) is 4.06. The molecule has 2 rings (SSSR count). The average Bonchev–Trinajstić information content (AvgIpc) is 2.67. The lowest BCUT2D eigenvalue weighted by Crippen LogP contribution is -2.45. The number of hydrogen-bond donors (Lipinski definition) is 1. The molecule has 1 aromatic heterocycles. The molecule has 1 unspecified atom stereocenters. The molecule has 0 radical (unpaired) electrons. The van der Waals surface area contributed by atoms with Crippen LogP contribution in [-0.2, 0) is 13.0 Å². The second-order valence-corrected chi connectivity index (χ2v) is 5.25. The van der Waals surface area contributed by atoms with E-state index in [0.29, 0.717) is 5.54 Å². The highest BCUT2D eigenvalue weighted by Gasteiger charge is 2.29. The highest BCUT2D eigenvalue weighted by molar-refractivity contribution is 5.10. The Balaban J connectivity index is 2.06. The highest BCUT2D eigenvalue weighted by atomic mass is 15.3. The Morgan fingerprint density at radius 2 is 2.24 bits per heavy atom. The third kappa shape index (κ3) is 3.09. The van der Waals surface area contributed by atoms with Crippen molar-refractivity contribution in [2.45, 2.75) is 64.5 Å². The summed E-state index contributed by atoms with van der Waals surface area (Å²) in [4.78, 5) is 0. The van der Waals surface area contributed by atoms with E-state index in [4.69, 9.17) is 0 Å². The van der Waals surface area contributed by atoms with E-state index >= 15 is 0 Å². The Kier molecular flexibility index (Phi) is 4.21. The van der Waals surface area contributed by atoms with Crippen LogP contribution in [0.25, 0.3) is 0 Å². The smallest absolute Gasteiger partial charge is 0.0522 e. The first-order valence-electron chi connectivity index (χ1n) is 7.04. The zero-order valence-corrected chi connectivity index (χ0v) is 11.2. The van der Waals surface area contributed by atoms with Crippen LogP contribution in [0.2, 0.25) is 0 Å². The number of aromatic nitrogens is 2. The summed E-state index contributed by atoms with van der Waals surface area (Å²) in [6, 6.07) is 0. The predicted octanol–water partition coefficient (Wildman–Crippen LogP) is 2.76. The Morgan fingerprint density at radius 3 is 2.94 bits per heavy atom. The number of hydrogen-bond acceptors (Lipinski definition) is 2. The molecule has 1 fully saturated rings. The molecule has 1 aliphatic rings. The van der Waals surface area contributed by atoms with Crippen LogP contribution in [-0.4, -0.2) is 21.9 Å². The van der Waals surface area contributed by atoms with Gasteiger partial charge in [0.15, 0.2) is 0 Å². The van der Waals surface area contributed by atoms with Crippen molar-refractivity contribution in [1.29, 1.82) is 0 Å². The van der Waals surface area contributed by atoms with Gasteiger partial charge < -0.3 is 5.32 Å². The van der Waals surface area contributed by atoms with E-state index in [1.165, 1.54) is 44.2 Å². The molecule has 0 spiro atoms. The summed E-state index contributed by atoms with van der Waals surface area (Å²) in [7, 11) is 0. The predicted molar refractivity (Wildman–Crippen MR) is 71.1 cm³/mol. The molecule has 3 heteroatoms. The molecule has 0 aliphatic carbocycles. The van der Waals surface area contributed by atoms with Crippen molar-refractivity contribution in [3.05, 3.63) is 18.0 Å². The van der Waals surface area contributed by atoms with Crippen molar-refractivity contribution in [2.24, 2.45) is 0 Å². The van der Waals surface area contributed by atoms with Gasteiger partial charge in [-0.05, 0) is 44.7 Å². The van der Waals surface area contributed by atoms with E-state index in [2.05, 4.69) is 30.5 Å². The molecule has 1 aliphatic heterocycles. The van der Waals surface area contributed by atoms with Crippen LogP contribution in [0.15, 0.2) is 12.4 Å².